The van der Waals surface area contributed by atoms with E-state index < -0.39 is 0 Å². The second kappa shape index (κ2) is 32.9. The summed E-state index contributed by atoms with van der Waals surface area (Å²) in [5.74, 6) is 0.904. The fraction of sp³-hybridized carbons (Fsp3) is 0.250. The lowest BCUT2D eigenvalue weighted by Gasteiger charge is -2.21. The number of benzene rings is 7. The van der Waals surface area contributed by atoms with Crippen molar-refractivity contribution >= 4 is 43.8 Å². The molecule has 0 heteroatoms. The van der Waals surface area contributed by atoms with E-state index in [2.05, 4.69) is 301 Å². The van der Waals surface area contributed by atoms with Gasteiger partial charge in [0.1, 0.15) is 0 Å². The van der Waals surface area contributed by atoms with Gasteiger partial charge in [-0.1, -0.05) is 319 Å². The van der Waals surface area contributed by atoms with Crippen molar-refractivity contribution in [1.29, 1.82) is 0 Å². The monoisotopic (exact) mass is 1050 g/mol. The van der Waals surface area contributed by atoms with Crippen LogP contribution in [0.4, 0.5) is 0 Å². The van der Waals surface area contributed by atoms with E-state index in [0.29, 0.717) is 11.8 Å². The van der Waals surface area contributed by atoms with Crippen LogP contribution in [0.3, 0.4) is 0 Å². The normalized spacial score (nSPS) is 14.1. The molecular weight excluding hydrogens is 961 g/mol. The Bertz CT molecular complexity index is 3290. The van der Waals surface area contributed by atoms with E-state index in [1.807, 2.05) is 26.0 Å². The molecule has 7 aromatic rings. The number of rotatable bonds is 21. The summed E-state index contributed by atoms with van der Waals surface area (Å²) in [6, 6.07) is 57.4. The minimum atomic E-state index is 0.125. The van der Waals surface area contributed by atoms with Gasteiger partial charge in [-0.15, -0.1) is 0 Å². The van der Waals surface area contributed by atoms with Crippen molar-refractivity contribution in [2.45, 2.75) is 116 Å². The molecule has 0 aromatic heterocycles. The number of hydrogen-bond acceptors (Lipinski definition) is 0. The smallest absolute Gasteiger partial charge is 0.00132 e. The van der Waals surface area contributed by atoms with E-state index in [-0.39, 0.29) is 5.92 Å². The molecular formula is C80H92. The first-order valence-corrected chi connectivity index (χ1v) is 29.7. The lowest BCUT2D eigenvalue weighted by molar-refractivity contribution is 0.700. The van der Waals surface area contributed by atoms with Gasteiger partial charge < -0.3 is 0 Å². The maximum atomic E-state index is 4.70. The first-order chi connectivity index (χ1) is 38.9. The average molecular weight is 1050 g/mol. The van der Waals surface area contributed by atoms with Gasteiger partial charge in [-0.25, -0.2) is 0 Å². The van der Waals surface area contributed by atoms with Crippen LogP contribution < -0.4 is 0 Å². The molecule has 0 fully saturated rings. The highest BCUT2D eigenvalue weighted by Crippen LogP contribution is 2.44. The Morgan fingerprint density at radius 3 is 1.50 bits per heavy atom. The van der Waals surface area contributed by atoms with Crippen LogP contribution in [0, 0.1) is 17.8 Å². The van der Waals surface area contributed by atoms with Crippen molar-refractivity contribution in [3.8, 4) is 22.3 Å². The number of fused-ring (bicyclic) bond motifs is 2. The Morgan fingerprint density at radius 2 is 1.01 bits per heavy atom. The molecule has 0 saturated heterocycles. The maximum absolute atomic E-state index is 4.70. The molecule has 0 aliphatic heterocycles. The van der Waals surface area contributed by atoms with Crippen LogP contribution in [0.1, 0.15) is 138 Å². The SMILES string of the molecule is C=C\C=C/C(=C(C)/C(C)=C/C=C(\C=C(\C)CC)c1c2ccc(-c3ccccc3)cc2c(C(/C=C\C(=C)C(C)/C=C\C=C(\c2ccccc2)C(C)CC)=C/C(C)CC)c2cc(-c3ccccc3)ccc12)c1ccccc1.CC.CCC. The highest BCUT2D eigenvalue weighted by atomic mass is 14.2. The Hall–Kier alpha value is -7.80. The Labute approximate surface area is 485 Å². The zero-order chi connectivity index (χ0) is 58.0. The van der Waals surface area contributed by atoms with Crippen molar-refractivity contribution in [2.24, 2.45) is 17.8 Å². The minimum Gasteiger partial charge on any atom is -0.0991 e. The molecule has 80 heavy (non-hydrogen) atoms. The predicted octanol–water partition coefficient (Wildman–Crippen LogP) is 24.5. The van der Waals surface area contributed by atoms with Gasteiger partial charge in [-0.2, -0.15) is 0 Å². The topological polar surface area (TPSA) is 0 Å². The summed E-state index contributed by atoms with van der Waals surface area (Å²) in [6.07, 6.45) is 31.4. The van der Waals surface area contributed by atoms with E-state index in [4.69, 9.17) is 6.58 Å². The molecule has 0 aliphatic carbocycles. The first kappa shape index (κ1) is 63.0. The average Bonchev–Trinajstić information content (AvgIpc) is 3.50. The third-order valence-electron chi connectivity index (χ3n) is 15.0. The summed E-state index contributed by atoms with van der Waals surface area (Å²) in [5.41, 5.74) is 19.4. The lowest BCUT2D eigenvalue weighted by Crippen LogP contribution is -1.99. The second-order valence-electron chi connectivity index (χ2n) is 20.9. The molecule has 412 valence electrons. The van der Waals surface area contributed by atoms with Crippen molar-refractivity contribution in [2.75, 3.05) is 0 Å². The summed E-state index contributed by atoms with van der Waals surface area (Å²) < 4.78 is 0. The first-order valence-electron chi connectivity index (χ1n) is 29.7. The van der Waals surface area contributed by atoms with Gasteiger partial charge >= 0.3 is 0 Å². The van der Waals surface area contributed by atoms with Gasteiger partial charge in [0.2, 0.25) is 0 Å². The van der Waals surface area contributed by atoms with Gasteiger partial charge in [-0.05, 0) is 169 Å². The van der Waals surface area contributed by atoms with E-state index in [0.717, 1.165) is 24.8 Å². The molecule has 3 unspecified atom stereocenters. The molecule has 0 aliphatic rings. The molecule has 0 saturated carbocycles. The highest BCUT2D eigenvalue weighted by Gasteiger charge is 2.21. The fourth-order valence-electron chi connectivity index (χ4n) is 9.65. The van der Waals surface area contributed by atoms with Crippen LogP contribution >= 0.6 is 0 Å². The molecule has 0 amide bonds. The second-order valence-corrected chi connectivity index (χ2v) is 20.9. The Morgan fingerprint density at radius 1 is 0.512 bits per heavy atom. The van der Waals surface area contributed by atoms with Crippen LogP contribution in [-0.2, 0) is 0 Å². The largest absolute Gasteiger partial charge is 0.0991 e. The summed E-state index contributed by atoms with van der Waals surface area (Å²) in [7, 11) is 0. The van der Waals surface area contributed by atoms with Crippen LogP contribution in [0.2, 0.25) is 0 Å². The zero-order valence-corrected chi connectivity index (χ0v) is 50.9. The maximum Gasteiger partial charge on any atom is -0.00132 e. The quantitative estimate of drug-likeness (QED) is 0.0497. The summed E-state index contributed by atoms with van der Waals surface area (Å²) in [5, 5.41) is 4.87. The van der Waals surface area contributed by atoms with Crippen molar-refractivity contribution in [3.63, 3.8) is 0 Å². The van der Waals surface area contributed by atoms with E-state index in [1.54, 1.807) is 0 Å². The van der Waals surface area contributed by atoms with Crippen molar-refractivity contribution in [1.82, 2.24) is 0 Å². The van der Waals surface area contributed by atoms with Gasteiger partial charge in [0.25, 0.3) is 0 Å². The van der Waals surface area contributed by atoms with Crippen LogP contribution in [0.5, 0.6) is 0 Å². The Balaban J connectivity index is 0.00000227. The van der Waals surface area contributed by atoms with Crippen LogP contribution in [0.15, 0.2) is 266 Å². The summed E-state index contributed by atoms with van der Waals surface area (Å²) in [4.78, 5) is 0. The summed E-state index contributed by atoms with van der Waals surface area (Å²) in [6.45, 7) is 37.4. The molecule has 0 bridgehead atoms. The number of hydrogen-bond donors (Lipinski definition) is 0. The molecule has 0 nitrogen and oxygen atoms in total. The Kier molecular flexibility index (Phi) is 26.0. The van der Waals surface area contributed by atoms with E-state index >= 15 is 0 Å². The highest BCUT2D eigenvalue weighted by molar-refractivity contribution is 6.19. The van der Waals surface area contributed by atoms with Gasteiger partial charge in [0, 0.05) is 0 Å². The van der Waals surface area contributed by atoms with E-state index in [9.17, 15) is 0 Å². The van der Waals surface area contributed by atoms with E-state index in [1.165, 1.54) is 111 Å². The van der Waals surface area contributed by atoms with Crippen molar-refractivity contribution in [3.05, 3.63) is 288 Å². The molecule has 0 N–H and O–H groups in total. The molecule has 3 atom stereocenters. The van der Waals surface area contributed by atoms with Gasteiger partial charge in [0.05, 0.1) is 0 Å². The fourth-order valence-corrected chi connectivity index (χ4v) is 9.65. The molecule has 0 radical (unpaired) electrons. The van der Waals surface area contributed by atoms with Crippen LogP contribution in [0.25, 0.3) is 66.1 Å². The van der Waals surface area contributed by atoms with Crippen LogP contribution in [-0.4, -0.2) is 0 Å². The molecule has 0 spiro atoms. The molecule has 7 rings (SSSR count). The third-order valence-corrected chi connectivity index (χ3v) is 15.0. The minimum absolute atomic E-state index is 0.125. The zero-order valence-electron chi connectivity index (χ0n) is 50.9. The third kappa shape index (κ3) is 17.1. The van der Waals surface area contributed by atoms with Gasteiger partial charge in [-0.3, -0.25) is 0 Å². The molecule has 7 aromatic carbocycles. The van der Waals surface area contributed by atoms with Crippen molar-refractivity contribution < 1.29 is 0 Å². The lowest BCUT2D eigenvalue weighted by atomic mass is 9.82. The predicted molar refractivity (Wildman–Crippen MR) is 362 cm³/mol. The summed E-state index contributed by atoms with van der Waals surface area (Å²) >= 11 is 0. The number of allylic oxidation sites excluding steroid dienone is 20. The standard InChI is InChI=1S/C75H78.C3H8.C2H6/c1-12-16-39-69(63-37-27-20-28-38-63)59(11)58(10)42-44-66(49-53(5)13-2)74-70-47-45-64(60-31-21-17-22-32-60)51-72(70)75(73-52-65(46-48-71(73)74)61-33-23-18-24-34-61)67(50-54(6)14-3)43-41-57(9)56(8)30-29-40-68(55(7)15-4)62-35-25-19-26-36-62;1-3-2;1-2/h12,16-52,54-56H,1,9,13-15H2,2-8,10-11H3;3H2,1-2H3;1-2H3/b30-29-,39-16-,43-41-,53-49-,58-42+,66-44+,67-50+,68-40+,69-59-;;. The molecule has 0 heterocycles. The van der Waals surface area contributed by atoms with Gasteiger partial charge in [0.15, 0.2) is 0 Å².